The molecule has 0 fully saturated rings. The summed E-state index contributed by atoms with van der Waals surface area (Å²) in [7, 11) is 0. The molecule has 1 aromatic heterocycles. The second-order valence-corrected chi connectivity index (χ2v) is 7.68. The Morgan fingerprint density at radius 1 is 1.23 bits per heavy atom. The number of aromatic nitrogens is 2. The van der Waals surface area contributed by atoms with E-state index < -0.39 is 17.6 Å². The predicted octanol–water partition coefficient (Wildman–Crippen LogP) is 5.00. The van der Waals surface area contributed by atoms with Gasteiger partial charge in [0.15, 0.2) is 0 Å². The molecule has 31 heavy (non-hydrogen) atoms. The molecule has 1 heterocycles. The molecule has 0 radical (unpaired) electrons. The van der Waals surface area contributed by atoms with Crippen molar-refractivity contribution in [3.63, 3.8) is 0 Å². The zero-order chi connectivity index (χ0) is 22.6. The van der Waals surface area contributed by atoms with Crippen molar-refractivity contribution in [3.05, 3.63) is 63.1 Å². The van der Waals surface area contributed by atoms with E-state index in [1.165, 1.54) is 17.0 Å². The zero-order valence-electron chi connectivity index (χ0n) is 16.5. The van der Waals surface area contributed by atoms with Gasteiger partial charge in [0, 0.05) is 17.4 Å². The molecule has 6 nitrogen and oxygen atoms in total. The fourth-order valence-electron chi connectivity index (χ4n) is 2.87. The normalized spacial score (nSPS) is 11.5. The lowest BCUT2D eigenvalue weighted by molar-refractivity contribution is -0.137. The summed E-state index contributed by atoms with van der Waals surface area (Å²) in [6, 6.07) is 8.03. The monoisotopic (exact) mass is 497 g/mol. The minimum absolute atomic E-state index is 0.0181. The number of carbonyl (C=O) groups is 1. The van der Waals surface area contributed by atoms with E-state index in [0.717, 1.165) is 16.6 Å². The number of nitrogens with one attached hydrogen (secondary N) is 1. The molecule has 164 valence electrons. The van der Waals surface area contributed by atoms with Gasteiger partial charge in [0.05, 0.1) is 35.1 Å². The van der Waals surface area contributed by atoms with Crippen LogP contribution < -0.4 is 15.6 Å². The van der Waals surface area contributed by atoms with E-state index in [2.05, 4.69) is 26.2 Å². The summed E-state index contributed by atoms with van der Waals surface area (Å²) in [5.41, 5.74) is -0.755. The fourth-order valence-corrected chi connectivity index (χ4v) is 3.23. The molecular formula is C21H19BrF3N3O3. The highest BCUT2D eigenvalue weighted by molar-refractivity contribution is 9.10. The first-order valence-corrected chi connectivity index (χ1v) is 10.3. The highest BCUT2D eigenvalue weighted by atomic mass is 79.9. The highest BCUT2D eigenvalue weighted by Crippen LogP contribution is 2.35. The average Bonchev–Trinajstić information content (AvgIpc) is 2.72. The third-order valence-electron chi connectivity index (χ3n) is 4.41. The van der Waals surface area contributed by atoms with Crippen LogP contribution in [0.15, 0.2) is 52.0 Å². The van der Waals surface area contributed by atoms with Gasteiger partial charge in [0.2, 0.25) is 5.91 Å². The molecule has 0 spiro atoms. The largest absolute Gasteiger partial charge is 0.491 e. The van der Waals surface area contributed by atoms with Gasteiger partial charge < -0.3 is 10.1 Å². The number of hydrogen-bond acceptors (Lipinski definition) is 4. The Labute approximate surface area is 184 Å². The minimum Gasteiger partial charge on any atom is -0.491 e. The summed E-state index contributed by atoms with van der Waals surface area (Å²) in [6.07, 6.45) is -2.69. The summed E-state index contributed by atoms with van der Waals surface area (Å²) in [4.78, 5) is 29.2. The van der Waals surface area contributed by atoms with Crippen LogP contribution in [0.3, 0.4) is 0 Å². The third-order valence-corrected chi connectivity index (χ3v) is 4.90. The summed E-state index contributed by atoms with van der Waals surface area (Å²) < 4.78 is 46.6. The predicted molar refractivity (Wildman–Crippen MR) is 114 cm³/mol. The molecule has 0 unspecified atom stereocenters. The van der Waals surface area contributed by atoms with Crippen LogP contribution in [0.25, 0.3) is 10.9 Å². The molecule has 0 saturated heterocycles. The number of carbonyl (C=O) groups excluding carboxylic acids is 1. The maximum atomic E-state index is 13.1. The summed E-state index contributed by atoms with van der Waals surface area (Å²) in [5, 5.41) is 2.85. The van der Waals surface area contributed by atoms with Gasteiger partial charge in [-0.05, 0) is 42.8 Å². The van der Waals surface area contributed by atoms with Crippen molar-refractivity contribution in [3.8, 4) is 5.75 Å². The number of benzene rings is 2. The van der Waals surface area contributed by atoms with Gasteiger partial charge in [0.1, 0.15) is 5.75 Å². The molecule has 0 saturated carbocycles. The van der Waals surface area contributed by atoms with Crippen LogP contribution in [0.5, 0.6) is 5.75 Å². The number of nitrogens with zero attached hydrogens (tertiary/aromatic N) is 2. The van der Waals surface area contributed by atoms with Crippen LogP contribution in [0.2, 0.25) is 0 Å². The van der Waals surface area contributed by atoms with E-state index in [1.807, 2.05) is 6.92 Å². The van der Waals surface area contributed by atoms with Crippen molar-refractivity contribution in [1.29, 1.82) is 0 Å². The standard InChI is InChI=1S/C21H19BrF3N3O3/c1-2-9-31-18-6-3-13(21(23,24)25)10-17(18)27-19(29)7-8-28-12-26-16-5-4-14(22)11-15(16)20(28)30/h3-6,10-12H,2,7-9H2,1H3,(H,27,29). The molecular weight excluding hydrogens is 479 g/mol. The fraction of sp³-hybridized carbons (Fsp3) is 0.286. The number of fused-ring (bicyclic) bond motifs is 1. The van der Waals surface area contributed by atoms with E-state index in [0.29, 0.717) is 23.9 Å². The number of hydrogen-bond donors (Lipinski definition) is 1. The van der Waals surface area contributed by atoms with E-state index >= 15 is 0 Å². The second kappa shape index (κ2) is 9.51. The Bertz CT molecular complexity index is 1160. The Morgan fingerprint density at radius 2 is 2.00 bits per heavy atom. The molecule has 0 atom stereocenters. The second-order valence-electron chi connectivity index (χ2n) is 6.76. The molecule has 2 aromatic carbocycles. The van der Waals surface area contributed by atoms with Crippen LogP contribution in [-0.4, -0.2) is 22.1 Å². The van der Waals surface area contributed by atoms with E-state index in [1.54, 1.807) is 18.2 Å². The van der Waals surface area contributed by atoms with Crippen LogP contribution in [0.4, 0.5) is 18.9 Å². The number of rotatable bonds is 7. The number of halogens is 4. The number of aryl methyl sites for hydroxylation is 1. The average molecular weight is 498 g/mol. The summed E-state index contributed by atoms with van der Waals surface area (Å²) in [6.45, 7) is 2.17. The minimum atomic E-state index is -4.55. The lowest BCUT2D eigenvalue weighted by atomic mass is 10.1. The SMILES string of the molecule is CCCOc1ccc(C(F)(F)F)cc1NC(=O)CCn1cnc2ccc(Br)cc2c1=O. The molecule has 1 N–H and O–H groups in total. The van der Waals surface area contributed by atoms with Crippen molar-refractivity contribution >= 4 is 38.4 Å². The van der Waals surface area contributed by atoms with E-state index in [4.69, 9.17) is 4.74 Å². The van der Waals surface area contributed by atoms with E-state index in [9.17, 15) is 22.8 Å². The lowest BCUT2D eigenvalue weighted by Gasteiger charge is -2.15. The quantitative estimate of drug-likeness (QED) is 0.498. The number of anilines is 1. The van der Waals surface area contributed by atoms with Crippen molar-refractivity contribution in [2.45, 2.75) is 32.5 Å². The summed E-state index contributed by atoms with van der Waals surface area (Å²) >= 11 is 3.30. The van der Waals surface area contributed by atoms with E-state index in [-0.39, 0.29) is 30.0 Å². The van der Waals surface area contributed by atoms with Crippen molar-refractivity contribution in [2.24, 2.45) is 0 Å². The number of ether oxygens (including phenoxy) is 1. The van der Waals surface area contributed by atoms with Crippen LogP contribution in [0, 0.1) is 0 Å². The van der Waals surface area contributed by atoms with Gasteiger partial charge in [-0.25, -0.2) is 4.98 Å². The Morgan fingerprint density at radius 3 is 2.71 bits per heavy atom. The van der Waals surface area contributed by atoms with Crippen LogP contribution >= 0.6 is 15.9 Å². The third kappa shape index (κ3) is 5.63. The molecule has 3 rings (SSSR count). The Kier molecular flexibility index (Phi) is 6.99. The van der Waals surface area contributed by atoms with Crippen LogP contribution in [-0.2, 0) is 17.5 Å². The molecule has 10 heteroatoms. The zero-order valence-corrected chi connectivity index (χ0v) is 18.1. The first-order valence-electron chi connectivity index (χ1n) is 9.47. The van der Waals surface area contributed by atoms with Crippen molar-refractivity contribution < 1.29 is 22.7 Å². The van der Waals surface area contributed by atoms with Gasteiger partial charge >= 0.3 is 6.18 Å². The lowest BCUT2D eigenvalue weighted by Crippen LogP contribution is -2.24. The van der Waals surface area contributed by atoms with Gasteiger partial charge in [-0.2, -0.15) is 13.2 Å². The Balaban J connectivity index is 1.77. The van der Waals surface area contributed by atoms with Crippen LogP contribution in [0.1, 0.15) is 25.3 Å². The van der Waals surface area contributed by atoms with Gasteiger partial charge in [-0.3, -0.25) is 14.2 Å². The molecule has 0 bridgehead atoms. The van der Waals surface area contributed by atoms with Gasteiger partial charge in [-0.1, -0.05) is 22.9 Å². The molecule has 0 aliphatic rings. The van der Waals surface area contributed by atoms with Gasteiger partial charge in [-0.15, -0.1) is 0 Å². The maximum absolute atomic E-state index is 13.1. The number of amides is 1. The van der Waals surface area contributed by atoms with Gasteiger partial charge in [0.25, 0.3) is 5.56 Å². The molecule has 0 aliphatic carbocycles. The number of alkyl halides is 3. The first-order chi connectivity index (χ1) is 14.7. The highest BCUT2D eigenvalue weighted by Gasteiger charge is 2.31. The Hall–Kier alpha value is -2.88. The topological polar surface area (TPSA) is 73.2 Å². The molecule has 0 aliphatic heterocycles. The first kappa shape index (κ1) is 22.8. The van der Waals surface area contributed by atoms with Crippen molar-refractivity contribution in [2.75, 3.05) is 11.9 Å². The van der Waals surface area contributed by atoms with Crippen molar-refractivity contribution in [1.82, 2.24) is 9.55 Å². The molecule has 1 amide bonds. The maximum Gasteiger partial charge on any atom is 0.416 e. The molecule has 3 aromatic rings. The smallest absolute Gasteiger partial charge is 0.416 e. The summed E-state index contributed by atoms with van der Waals surface area (Å²) in [5.74, 6) is -0.403.